The highest BCUT2D eigenvalue weighted by atomic mass is 32.2. The number of nitrogens with one attached hydrogen (secondary N) is 2. The second-order valence-electron chi connectivity index (χ2n) is 5.10. The van der Waals surface area contributed by atoms with Crippen LogP contribution in [0.4, 0.5) is 8.78 Å². The zero-order chi connectivity index (χ0) is 16.4. The van der Waals surface area contributed by atoms with Gasteiger partial charge in [0, 0.05) is 17.5 Å². The second kappa shape index (κ2) is 6.27. The van der Waals surface area contributed by atoms with Crippen molar-refractivity contribution >= 4 is 16.8 Å². The van der Waals surface area contributed by atoms with Gasteiger partial charge in [-0.05, 0) is 24.3 Å². The molecular weight excluding hydrogens is 322 g/mol. The van der Waals surface area contributed by atoms with E-state index in [9.17, 15) is 13.9 Å². The summed E-state index contributed by atoms with van der Waals surface area (Å²) in [7, 11) is 0. The Kier molecular flexibility index (Phi) is 4.34. The minimum absolute atomic E-state index is 0.0468. The van der Waals surface area contributed by atoms with Gasteiger partial charge in [0.2, 0.25) is 0 Å². The first kappa shape index (κ1) is 15.9. The molecule has 0 spiro atoms. The van der Waals surface area contributed by atoms with Crippen molar-refractivity contribution in [2.75, 3.05) is 6.61 Å². The van der Waals surface area contributed by atoms with Crippen LogP contribution in [0, 0.1) is 17.0 Å². The fourth-order valence-corrected chi connectivity index (χ4v) is 3.63. The lowest BCUT2D eigenvalue weighted by Gasteiger charge is -2.28. The number of para-hydroxylation sites is 1. The van der Waals surface area contributed by atoms with Crippen LogP contribution < -0.4 is 5.48 Å². The number of hydroxylamine groups is 1. The van der Waals surface area contributed by atoms with E-state index >= 15 is 0 Å². The van der Waals surface area contributed by atoms with E-state index in [0.717, 1.165) is 30.0 Å². The van der Waals surface area contributed by atoms with Crippen molar-refractivity contribution in [2.24, 2.45) is 0 Å². The van der Waals surface area contributed by atoms with Crippen LogP contribution in [-0.2, 0) is 9.71 Å². The molecule has 1 aliphatic heterocycles. The summed E-state index contributed by atoms with van der Waals surface area (Å²) in [5, 5.41) is 18.1. The van der Waals surface area contributed by atoms with Crippen LogP contribution in [0.5, 0.6) is 5.75 Å². The van der Waals surface area contributed by atoms with E-state index < -0.39 is 16.5 Å². The molecule has 1 heterocycles. The molecule has 2 aromatic carbocycles. The molecule has 4 nitrogen and oxygen atoms in total. The molecule has 7 heteroatoms. The highest BCUT2D eigenvalue weighted by molar-refractivity contribution is 8.15. The van der Waals surface area contributed by atoms with E-state index in [1.54, 1.807) is 18.2 Å². The Balaban J connectivity index is 1.96. The number of thioether (sulfide) groups is 1. The predicted molar refractivity (Wildman–Crippen MR) is 84.3 cm³/mol. The Morgan fingerprint density at radius 2 is 2.04 bits per heavy atom. The smallest absolute Gasteiger partial charge is 0.133 e. The molecule has 0 aromatic heterocycles. The fourth-order valence-electron chi connectivity index (χ4n) is 2.45. The summed E-state index contributed by atoms with van der Waals surface area (Å²) < 4.78 is 27.2. The van der Waals surface area contributed by atoms with E-state index in [-0.39, 0.29) is 16.4 Å². The highest BCUT2D eigenvalue weighted by Gasteiger charge is 2.41. The summed E-state index contributed by atoms with van der Waals surface area (Å²) in [6, 6.07) is 9.66. The molecule has 1 fully saturated rings. The third-order valence-corrected chi connectivity index (χ3v) is 4.86. The fraction of sp³-hybridized carbons (Fsp3) is 0.188. The van der Waals surface area contributed by atoms with Crippen LogP contribution in [0.15, 0.2) is 42.5 Å². The molecule has 1 unspecified atom stereocenters. The van der Waals surface area contributed by atoms with Gasteiger partial charge in [0.1, 0.15) is 22.3 Å². The molecule has 2 aromatic rings. The van der Waals surface area contributed by atoms with Crippen LogP contribution in [0.1, 0.15) is 17.5 Å². The third-order valence-electron chi connectivity index (χ3n) is 3.58. The van der Waals surface area contributed by atoms with Gasteiger partial charge in [-0.2, -0.15) is 5.48 Å². The highest BCUT2D eigenvalue weighted by Crippen LogP contribution is 2.45. The maximum absolute atomic E-state index is 13.9. The monoisotopic (exact) mass is 336 g/mol. The van der Waals surface area contributed by atoms with Gasteiger partial charge in [-0.15, -0.1) is 0 Å². The molecule has 0 aliphatic carbocycles. The minimum atomic E-state index is -0.929. The lowest BCUT2D eigenvalue weighted by Crippen LogP contribution is -2.34. The first-order valence-electron chi connectivity index (χ1n) is 6.92. The van der Waals surface area contributed by atoms with Gasteiger partial charge in [0.15, 0.2) is 0 Å². The molecule has 23 heavy (non-hydrogen) atoms. The van der Waals surface area contributed by atoms with Gasteiger partial charge in [-0.25, -0.2) is 8.78 Å². The molecule has 120 valence electrons. The molecule has 3 N–H and O–H groups in total. The quantitative estimate of drug-likeness (QED) is 0.593. The topological polar surface area (TPSA) is 65.3 Å². The number of rotatable bonds is 3. The van der Waals surface area contributed by atoms with Gasteiger partial charge >= 0.3 is 0 Å². The van der Waals surface area contributed by atoms with Crippen molar-refractivity contribution in [3.8, 4) is 5.75 Å². The predicted octanol–water partition coefficient (Wildman–Crippen LogP) is 3.51. The summed E-state index contributed by atoms with van der Waals surface area (Å²) in [5.74, 6) is -1.24. The number of hydrogen-bond donors (Lipinski definition) is 3. The largest absolute Gasteiger partial charge is 0.508 e. The van der Waals surface area contributed by atoms with Crippen molar-refractivity contribution < 1.29 is 18.7 Å². The van der Waals surface area contributed by atoms with Crippen LogP contribution in [-0.4, -0.2) is 16.8 Å². The average molecular weight is 336 g/mol. The first-order chi connectivity index (χ1) is 11.0. The van der Waals surface area contributed by atoms with Gasteiger partial charge in [-0.3, -0.25) is 10.2 Å². The van der Waals surface area contributed by atoms with E-state index in [4.69, 9.17) is 10.2 Å². The van der Waals surface area contributed by atoms with E-state index in [1.807, 2.05) is 0 Å². The molecule has 0 saturated carbocycles. The van der Waals surface area contributed by atoms with Gasteiger partial charge < -0.3 is 5.11 Å². The lowest BCUT2D eigenvalue weighted by atomic mass is 10.0. The van der Waals surface area contributed by atoms with E-state index in [2.05, 4.69) is 5.48 Å². The minimum Gasteiger partial charge on any atom is -0.508 e. The van der Waals surface area contributed by atoms with Crippen LogP contribution in [0.25, 0.3) is 0 Å². The zero-order valence-corrected chi connectivity index (χ0v) is 12.8. The summed E-state index contributed by atoms with van der Waals surface area (Å²) in [4.78, 5) is 4.28. The molecule has 1 aliphatic rings. The lowest BCUT2D eigenvalue weighted by molar-refractivity contribution is 0.0816. The van der Waals surface area contributed by atoms with Gasteiger partial charge in [-0.1, -0.05) is 30.0 Å². The van der Waals surface area contributed by atoms with E-state index in [1.165, 1.54) is 6.07 Å². The summed E-state index contributed by atoms with van der Waals surface area (Å²) >= 11 is 0.978. The maximum atomic E-state index is 13.9. The van der Waals surface area contributed by atoms with Crippen molar-refractivity contribution in [1.29, 1.82) is 5.41 Å². The Morgan fingerprint density at radius 3 is 2.74 bits per heavy atom. The third kappa shape index (κ3) is 3.08. The Labute approximate surface area is 135 Å². The summed E-state index contributed by atoms with van der Waals surface area (Å²) in [5.41, 5.74) is 3.21. The number of aromatic hydroxyl groups is 1. The molecule has 1 atom stereocenters. The van der Waals surface area contributed by atoms with Crippen molar-refractivity contribution in [3.05, 3.63) is 65.2 Å². The molecule has 0 bridgehead atoms. The molecular formula is C16H14F2N2O2S. The Hall–Kier alpha value is -1.96. The molecule has 1 saturated heterocycles. The molecule has 3 rings (SSSR count). The molecule has 0 amide bonds. The average Bonchev–Trinajstić information content (AvgIpc) is 2.99. The van der Waals surface area contributed by atoms with Crippen molar-refractivity contribution in [3.63, 3.8) is 0 Å². The van der Waals surface area contributed by atoms with Crippen molar-refractivity contribution in [1.82, 2.24) is 5.48 Å². The van der Waals surface area contributed by atoms with Gasteiger partial charge in [0.25, 0.3) is 0 Å². The summed E-state index contributed by atoms with van der Waals surface area (Å²) in [6.45, 7) is 0.375. The number of halogens is 2. The van der Waals surface area contributed by atoms with Crippen molar-refractivity contribution in [2.45, 2.75) is 11.3 Å². The first-order valence-corrected chi connectivity index (χ1v) is 7.74. The second-order valence-corrected chi connectivity index (χ2v) is 6.41. The van der Waals surface area contributed by atoms with Gasteiger partial charge in [0.05, 0.1) is 11.7 Å². The van der Waals surface area contributed by atoms with E-state index in [0.29, 0.717) is 18.6 Å². The number of hydrogen-bond acceptors (Lipinski definition) is 5. The van der Waals surface area contributed by atoms with Crippen LogP contribution in [0.2, 0.25) is 0 Å². The van der Waals surface area contributed by atoms with Crippen LogP contribution >= 0.6 is 11.8 Å². The number of phenols is 1. The normalized spacial score (nSPS) is 20.6. The number of benzene rings is 2. The SMILES string of the molecule is N=C(SC1(c2ccccc2O)CCON1)c1cc(F)ccc1F. The van der Waals surface area contributed by atoms with Crippen LogP contribution in [0.3, 0.4) is 0 Å². The Morgan fingerprint density at radius 1 is 1.26 bits per heavy atom. The summed E-state index contributed by atoms with van der Waals surface area (Å²) in [6.07, 6.45) is 0.467. The standard InChI is InChI=1S/C16H14F2N2O2S/c17-10-5-6-13(18)11(9-10)15(19)23-16(7-8-22-20-16)12-3-1-2-4-14(12)21/h1-6,9,19-21H,7-8H2. The zero-order valence-electron chi connectivity index (χ0n) is 12.0. The maximum Gasteiger partial charge on any atom is 0.133 e. The Bertz CT molecular complexity index is 749. The molecule has 0 radical (unpaired) electrons. The number of phenolic OH excluding ortho intramolecular Hbond substituents is 1.